The van der Waals surface area contributed by atoms with Gasteiger partial charge in [0.2, 0.25) is 0 Å². The van der Waals surface area contributed by atoms with Crippen molar-refractivity contribution >= 4 is 35.2 Å². The molecule has 1 aromatic carbocycles. The maximum Gasteiger partial charge on any atom is 0.333 e. The van der Waals surface area contributed by atoms with Gasteiger partial charge in [-0.25, -0.2) is 9.78 Å². The second kappa shape index (κ2) is 11.3. The molecule has 0 aliphatic rings. The zero-order chi connectivity index (χ0) is 21.4. The van der Waals surface area contributed by atoms with Crippen molar-refractivity contribution in [3.8, 4) is 5.75 Å². The number of aryl methyl sites for hydroxylation is 1. The first-order valence-electron chi connectivity index (χ1n) is 9.86. The first-order chi connectivity index (χ1) is 13.9. The minimum absolute atomic E-state index is 0.318. The van der Waals surface area contributed by atoms with E-state index in [1.54, 1.807) is 19.9 Å². The van der Waals surface area contributed by atoms with E-state index >= 15 is 0 Å². The van der Waals surface area contributed by atoms with E-state index < -0.39 is 0 Å². The van der Waals surface area contributed by atoms with Crippen LogP contribution in [0, 0.1) is 6.92 Å². The monoisotopic (exact) mass is 438 g/mol. The van der Waals surface area contributed by atoms with Gasteiger partial charge in [0.1, 0.15) is 11.6 Å². The van der Waals surface area contributed by atoms with Gasteiger partial charge in [0.05, 0.1) is 25.5 Å². The fraction of sp³-hybridized carbons (Fsp3) is 0.455. The van der Waals surface area contributed by atoms with E-state index in [2.05, 4.69) is 11.9 Å². The van der Waals surface area contributed by atoms with Gasteiger partial charge in [0, 0.05) is 10.6 Å². The van der Waals surface area contributed by atoms with Crippen LogP contribution in [0.3, 0.4) is 0 Å². The molecular weight excluding hydrogens is 411 g/mol. The number of rotatable bonds is 10. The Hall–Kier alpha value is -1.98. The van der Waals surface area contributed by atoms with Gasteiger partial charge in [-0.2, -0.15) is 0 Å². The van der Waals surface area contributed by atoms with Crippen LogP contribution in [0.4, 0.5) is 0 Å². The molecule has 0 radical (unpaired) electrons. The average molecular weight is 439 g/mol. The molecule has 0 atom stereocenters. The van der Waals surface area contributed by atoms with Crippen molar-refractivity contribution in [2.24, 2.45) is 0 Å². The Bertz CT molecular complexity index is 875. The van der Waals surface area contributed by atoms with Gasteiger partial charge in [0.15, 0.2) is 5.15 Å². The third-order valence-electron chi connectivity index (χ3n) is 4.47. The van der Waals surface area contributed by atoms with Crippen LogP contribution in [0.15, 0.2) is 23.8 Å². The van der Waals surface area contributed by atoms with Crippen molar-refractivity contribution < 1.29 is 14.3 Å². The van der Waals surface area contributed by atoms with Crippen molar-refractivity contribution in [3.05, 3.63) is 51.0 Å². The molecule has 2 rings (SSSR count). The number of carbonyl (C=O) groups excluding carboxylic acids is 1. The van der Waals surface area contributed by atoms with Gasteiger partial charge in [-0.15, -0.1) is 0 Å². The largest absolute Gasteiger partial charge is 0.494 e. The predicted molar refractivity (Wildman–Crippen MR) is 118 cm³/mol. The molecule has 0 unspecified atom stereocenters. The fourth-order valence-corrected chi connectivity index (χ4v) is 3.36. The maximum atomic E-state index is 12.0. The lowest BCUT2D eigenvalue weighted by atomic mass is 10.2. The summed E-state index contributed by atoms with van der Waals surface area (Å²) < 4.78 is 12.7. The molecule has 0 saturated heterocycles. The number of halogens is 2. The lowest BCUT2D eigenvalue weighted by molar-refractivity contribution is -0.138. The number of benzene rings is 1. The van der Waals surface area contributed by atoms with Crippen molar-refractivity contribution in [2.75, 3.05) is 13.2 Å². The van der Waals surface area contributed by atoms with E-state index in [1.807, 2.05) is 29.7 Å². The topological polar surface area (TPSA) is 53.4 Å². The third kappa shape index (κ3) is 6.51. The normalized spacial score (nSPS) is 11.6. The van der Waals surface area contributed by atoms with Crippen LogP contribution in [0.5, 0.6) is 5.75 Å². The molecule has 7 heteroatoms. The van der Waals surface area contributed by atoms with Crippen LogP contribution in [0.1, 0.15) is 57.1 Å². The molecule has 0 aliphatic heterocycles. The molecule has 1 aromatic heterocycles. The molecular formula is C22H28Cl2N2O3. The summed E-state index contributed by atoms with van der Waals surface area (Å²) >= 11 is 12.8. The molecule has 0 amide bonds. The van der Waals surface area contributed by atoms with Crippen molar-refractivity contribution in [3.63, 3.8) is 0 Å². The summed E-state index contributed by atoms with van der Waals surface area (Å²) in [5.74, 6) is 1.11. The molecule has 2 aromatic rings. The first-order valence-corrected chi connectivity index (χ1v) is 10.6. The molecule has 0 spiro atoms. The van der Waals surface area contributed by atoms with Gasteiger partial charge in [-0.1, -0.05) is 49.0 Å². The number of imidazole rings is 1. The maximum absolute atomic E-state index is 12.0. The Morgan fingerprint density at radius 3 is 2.66 bits per heavy atom. The van der Waals surface area contributed by atoms with Crippen molar-refractivity contribution in [1.29, 1.82) is 0 Å². The van der Waals surface area contributed by atoms with Crippen LogP contribution in [0.2, 0.25) is 10.2 Å². The Morgan fingerprint density at radius 2 is 2.00 bits per heavy atom. The number of ether oxygens (including phenoxy) is 2. The van der Waals surface area contributed by atoms with Crippen LogP contribution in [-0.2, 0) is 16.1 Å². The van der Waals surface area contributed by atoms with E-state index in [1.165, 1.54) is 0 Å². The molecule has 29 heavy (non-hydrogen) atoms. The summed E-state index contributed by atoms with van der Waals surface area (Å²) in [6.07, 6.45) is 5.02. The van der Waals surface area contributed by atoms with Gasteiger partial charge in [-0.05, 0) is 51.0 Å². The number of aromatic nitrogens is 2. The summed E-state index contributed by atoms with van der Waals surface area (Å²) in [7, 11) is 0. The van der Waals surface area contributed by atoms with Crippen LogP contribution in [0.25, 0.3) is 6.08 Å². The second-order valence-corrected chi connectivity index (χ2v) is 7.54. The Labute approximate surface area is 182 Å². The molecule has 0 fully saturated rings. The summed E-state index contributed by atoms with van der Waals surface area (Å²) in [6.45, 7) is 8.96. The number of hydrogen-bond donors (Lipinski definition) is 0. The molecule has 158 valence electrons. The number of carbonyl (C=O) groups is 1. The zero-order valence-corrected chi connectivity index (χ0v) is 18.9. The highest BCUT2D eigenvalue weighted by Crippen LogP contribution is 2.27. The Kier molecular flexibility index (Phi) is 9.05. The average Bonchev–Trinajstić information content (AvgIpc) is 2.94. The van der Waals surface area contributed by atoms with Crippen molar-refractivity contribution in [1.82, 2.24) is 9.55 Å². The second-order valence-electron chi connectivity index (χ2n) is 6.78. The Balaban J connectivity index is 2.22. The van der Waals surface area contributed by atoms with Crippen LogP contribution >= 0.6 is 23.2 Å². The zero-order valence-electron chi connectivity index (χ0n) is 17.4. The van der Waals surface area contributed by atoms with E-state index in [0.717, 1.165) is 36.4 Å². The number of esters is 1. The quantitative estimate of drug-likeness (QED) is 0.256. The molecule has 5 nitrogen and oxygen atoms in total. The minimum Gasteiger partial charge on any atom is -0.494 e. The molecule has 0 N–H and O–H groups in total. The highest BCUT2D eigenvalue weighted by Gasteiger charge is 2.15. The molecule has 0 aliphatic carbocycles. The van der Waals surface area contributed by atoms with Gasteiger partial charge in [0.25, 0.3) is 0 Å². The van der Waals surface area contributed by atoms with E-state index in [-0.39, 0.29) is 5.97 Å². The van der Waals surface area contributed by atoms with E-state index in [4.69, 9.17) is 32.7 Å². The van der Waals surface area contributed by atoms with Gasteiger partial charge < -0.3 is 14.0 Å². The summed E-state index contributed by atoms with van der Waals surface area (Å²) in [4.78, 5) is 16.3. The van der Waals surface area contributed by atoms with E-state index in [0.29, 0.717) is 41.2 Å². The van der Waals surface area contributed by atoms with Crippen molar-refractivity contribution in [2.45, 2.75) is 53.5 Å². The number of hydrogen-bond acceptors (Lipinski definition) is 4. The first kappa shape index (κ1) is 23.3. The van der Waals surface area contributed by atoms with E-state index in [9.17, 15) is 4.79 Å². The fourth-order valence-electron chi connectivity index (χ4n) is 2.85. The number of unbranched alkanes of at least 4 members (excludes halogenated alkanes) is 2. The SMILES string of the molecule is CCCCCOc1ccc(Cn2c(C)nc(Cl)c2C=C(C)C(=O)OCC)c(Cl)c1. The lowest BCUT2D eigenvalue weighted by Gasteiger charge is -2.12. The highest BCUT2D eigenvalue weighted by molar-refractivity contribution is 6.31. The predicted octanol–water partition coefficient (Wildman–Crippen LogP) is 6.08. The summed E-state index contributed by atoms with van der Waals surface area (Å²) in [5, 5.41) is 0.942. The molecule has 1 heterocycles. The summed E-state index contributed by atoms with van der Waals surface area (Å²) in [5.41, 5.74) is 2.01. The van der Waals surface area contributed by atoms with Gasteiger partial charge >= 0.3 is 5.97 Å². The van der Waals surface area contributed by atoms with Crippen LogP contribution < -0.4 is 4.74 Å². The highest BCUT2D eigenvalue weighted by atomic mass is 35.5. The summed E-state index contributed by atoms with van der Waals surface area (Å²) in [6, 6.07) is 5.69. The smallest absolute Gasteiger partial charge is 0.333 e. The molecule has 0 saturated carbocycles. The third-order valence-corrected chi connectivity index (χ3v) is 5.10. The standard InChI is InChI=1S/C22H28Cl2N2O3/c1-5-7-8-11-29-18-10-9-17(19(23)13-18)14-26-16(4)25-21(24)20(26)12-15(3)22(27)28-6-2/h9-10,12-13H,5-8,11,14H2,1-4H3. The molecule has 0 bridgehead atoms. The minimum atomic E-state index is -0.378. The van der Waals surface area contributed by atoms with Crippen LogP contribution in [-0.4, -0.2) is 28.7 Å². The Morgan fingerprint density at radius 1 is 1.24 bits per heavy atom. The van der Waals surface area contributed by atoms with Gasteiger partial charge in [-0.3, -0.25) is 0 Å². The number of nitrogens with zero attached hydrogens (tertiary/aromatic N) is 2. The lowest BCUT2D eigenvalue weighted by Crippen LogP contribution is -2.08.